The molecule has 0 unspecified atom stereocenters. The van der Waals surface area contributed by atoms with Gasteiger partial charge in [-0.2, -0.15) is 0 Å². The van der Waals surface area contributed by atoms with Crippen LogP contribution in [0.3, 0.4) is 0 Å². The minimum absolute atomic E-state index is 0.379. The minimum Gasteiger partial charge on any atom is -0.293 e. The average Bonchev–Trinajstić information content (AvgIpc) is 2.45. The van der Waals surface area contributed by atoms with Gasteiger partial charge in [-0.25, -0.2) is 0 Å². The second-order valence-electron chi connectivity index (χ2n) is 11.7. The van der Waals surface area contributed by atoms with Crippen LogP contribution in [0.25, 0.3) is 0 Å². The van der Waals surface area contributed by atoms with Crippen LogP contribution < -0.4 is 0 Å². The van der Waals surface area contributed by atoms with Gasteiger partial charge >= 0.3 is 0 Å². The first-order valence-corrected chi connectivity index (χ1v) is 11.4. The van der Waals surface area contributed by atoms with E-state index in [4.69, 9.17) is 0 Å². The first-order valence-electron chi connectivity index (χ1n) is 11.4. The Morgan fingerprint density at radius 3 is 1.00 bits per heavy atom. The van der Waals surface area contributed by atoms with E-state index in [-0.39, 0.29) is 0 Å². The predicted molar refractivity (Wildman–Crippen MR) is 116 cm³/mol. The average molecular weight is 365 g/mol. The van der Waals surface area contributed by atoms with Gasteiger partial charge in [-0.1, -0.05) is 12.8 Å². The van der Waals surface area contributed by atoms with Crippen molar-refractivity contribution < 1.29 is 0 Å². The molecule has 154 valence electrons. The van der Waals surface area contributed by atoms with Crippen molar-refractivity contribution in [2.24, 2.45) is 0 Å². The summed E-state index contributed by atoms with van der Waals surface area (Å²) < 4.78 is 0. The Morgan fingerprint density at radius 2 is 0.731 bits per heavy atom. The molecule has 2 aliphatic rings. The molecular weight excluding hydrogens is 316 g/mol. The molecule has 0 amide bonds. The number of hydrogen-bond donors (Lipinski definition) is 0. The summed E-state index contributed by atoms with van der Waals surface area (Å²) in [6.07, 6.45) is 13.7. The molecule has 0 aromatic rings. The van der Waals surface area contributed by atoms with Gasteiger partial charge in [-0.05, 0) is 120 Å². The van der Waals surface area contributed by atoms with Gasteiger partial charge in [0.05, 0.1) is 0 Å². The molecular formula is C24H48N2. The second-order valence-corrected chi connectivity index (χ2v) is 11.7. The van der Waals surface area contributed by atoms with Gasteiger partial charge in [0.2, 0.25) is 0 Å². The first-order chi connectivity index (χ1) is 11.9. The van der Waals surface area contributed by atoms with Crippen molar-refractivity contribution in [2.45, 2.75) is 142 Å². The Morgan fingerprint density at radius 1 is 0.462 bits per heavy atom. The fraction of sp³-hybridized carbons (Fsp3) is 1.00. The largest absolute Gasteiger partial charge is 0.293 e. The van der Waals surface area contributed by atoms with Gasteiger partial charge in [0.15, 0.2) is 0 Å². The van der Waals surface area contributed by atoms with E-state index in [1.165, 1.54) is 77.3 Å². The Bertz CT molecular complexity index is 373. The molecule has 2 nitrogen and oxygen atoms in total. The van der Waals surface area contributed by atoms with Crippen molar-refractivity contribution >= 4 is 0 Å². The smallest absolute Gasteiger partial charge is 0.0158 e. The quantitative estimate of drug-likeness (QED) is 0.468. The van der Waals surface area contributed by atoms with E-state index in [0.717, 1.165) is 0 Å². The molecule has 0 aliphatic carbocycles. The van der Waals surface area contributed by atoms with E-state index in [2.05, 4.69) is 65.2 Å². The van der Waals surface area contributed by atoms with Gasteiger partial charge in [-0.15, -0.1) is 0 Å². The van der Waals surface area contributed by atoms with E-state index in [9.17, 15) is 0 Å². The Hall–Kier alpha value is -0.0800. The third-order valence-electron chi connectivity index (χ3n) is 7.59. The Kier molecular flexibility index (Phi) is 6.93. The maximum Gasteiger partial charge on any atom is 0.0158 e. The highest BCUT2D eigenvalue weighted by atomic mass is 15.3. The van der Waals surface area contributed by atoms with Crippen LogP contribution in [-0.4, -0.2) is 45.0 Å². The molecule has 2 saturated heterocycles. The van der Waals surface area contributed by atoms with Crippen LogP contribution in [0.1, 0.15) is 120 Å². The first kappa shape index (κ1) is 22.2. The summed E-state index contributed by atoms with van der Waals surface area (Å²) in [5.41, 5.74) is 1.51. The molecule has 2 fully saturated rings. The van der Waals surface area contributed by atoms with Gasteiger partial charge in [-0.3, -0.25) is 9.80 Å². The van der Waals surface area contributed by atoms with Crippen molar-refractivity contribution in [2.75, 3.05) is 13.1 Å². The molecule has 0 N–H and O–H groups in total. The lowest BCUT2D eigenvalue weighted by atomic mass is 9.79. The lowest BCUT2D eigenvalue weighted by Gasteiger charge is -2.53. The summed E-state index contributed by atoms with van der Waals surface area (Å²) in [6, 6.07) is 0. The van der Waals surface area contributed by atoms with Crippen molar-refractivity contribution in [3.8, 4) is 0 Å². The Labute approximate surface area is 165 Å². The number of hydrogen-bond acceptors (Lipinski definition) is 2. The van der Waals surface area contributed by atoms with Crippen LogP contribution in [0.4, 0.5) is 0 Å². The second kappa shape index (κ2) is 8.11. The highest BCUT2D eigenvalue weighted by Gasteiger charge is 2.41. The van der Waals surface area contributed by atoms with Crippen molar-refractivity contribution in [1.82, 2.24) is 9.80 Å². The van der Waals surface area contributed by atoms with Crippen LogP contribution >= 0.6 is 0 Å². The summed E-state index contributed by atoms with van der Waals surface area (Å²) in [5.74, 6) is 0. The van der Waals surface area contributed by atoms with Crippen LogP contribution in [0.2, 0.25) is 0 Å². The zero-order valence-corrected chi connectivity index (χ0v) is 19.4. The van der Waals surface area contributed by atoms with Gasteiger partial charge in [0, 0.05) is 22.2 Å². The third-order valence-corrected chi connectivity index (χ3v) is 7.59. The lowest BCUT2D eigenvalue weighted by molar-refractivity contribution is -0.0305. The topological polar surface area (TPSA) is 6.48 Å². The Balaban J connectivity index is 1.73. The standard InChI is InChI=1S/C24H48N2/c1-21(2)15-13-16-22(3,4)25(21)19-11-9-10-12-20-26-23(5,6)17-14-18-24(26,7)8/h9-20H2,1-8H3. The molecule has 0 atom stereocenters. The molecule has 0 spiro atoms. The van der Waals surface area contributed by atoms with E-state index >= 15 is 0 Å². The number of rotatable bonds is 7. The monoisotopic (exact) mass is 364 g/mol. The molecule has 0 saturated carbocycles. The summed E-state index contributed by atoms with van der Waals surface area (Å²) in [7, 11) is 0. The summed E-state index contributed by atoms with van der Waals surface area (Å²) in [4.78, 5) is 5.61. The zero-order valence-electron chi connectivity index (χ0n) is 19.4. The zero-order chi connectivity index (χ0) is 19.6. The predicted octanol–water partition coefficient (Wildman–Crippen LogP) is 6.63. The van der Waals surface area contributed by atoms with E-state index in [1.807, 2.05) is 0 Å². The molecule has 0 radical (unpaired) electrons. The minimum atomic E-state index is 0.379. The van der Waals surface area contributed by atoms with Crippen LogP contribution in [0.15, 0.2) is 0 Å². The highest BCUT2D eigenvalue weighted by molar-refractivity contribution is 4.97. The normalized spacial score (nSPS) is 28.2. The van der Waals surface area contributed by atoms with Gasteiger partial charge in [0.1, 0.15) is 0 Å². The van der Waals surface area contributed by atoms with Crippen LogP contribution in [0.5, 0.6) is 0 Å². The van der Waals surface area contributed by atoms with Crippen molar-refractivity contribution in [3.05, 3.63) is 0 Å². The van der Waals surface area contributed by atoms with Gasteiger partial charge < -0.3 is 0 Å². The van der Waals surface area contributed by atoms with Crippen molar-refractivity contribution in [3.63, 3.8) is 0 Å². The van der Waals surface area contributed by atoms with Crippen LogP contribution in [-0.2, 0) is 0 Å². The van der Waals surface area contributed by atoms with Crippen LogP contribution in [0, 0.1) is 0 Å². The molecule has 2 heterocycles. The molecule has 0 aromatic carbocycles. The molecule has 0 aromatic heterocycles. The third kappa shape index (κ3) is 5.25. The molecule has 2 rings (SSSR count). The fourth-order valence-corrected chi connectivity index (χ4v) is 6.19. The number of likely N-dealkylation sites (tertiary alicyclic amines) is 2. The molecule has 26 heavy (non-hydrogen) atoms. The number of unbranched alkanes of at least 4 members (excludes halogenated alkanes) is 3. The fourth-order valence-electron chi connectivity index (χ4n) is 6.19. The SMILES string of the molecule is CC1(C)CCCC(C)(C)N1CCCCCCN1C(C)(C)CCCC1(C)C. The van der Waals surface area contributed by atoms with Gasteiger partial charge in [0.25, 0.3) is 0 Å². The van der Waals surface area contributed by atoms with Crippen molar-refractivity contribution in [1.29, 1.82) is 0 Å². The molecule has 2 aliphatic heterocycles. The van der Waals surface area contributed by atoms with E-state index < -0.39 is 0 Å². The summed E-state index contributed by atoms with van der Waals surface area (Å²) in [6.45, 7) is 22.2. The summed E-state index contributed by atoms with van der Waals surface area (Å²) in [5, 5.41) is 0. The lowest BCUT2D eigenvalue weighted by Crippen LogP contribution is -2.58. The summed E-state index contributed by atoms with van der Waals surface area (Å²) >= 11 is 0. The highest BCUT2D eigenvalue weighted by Crippen LogP contribution is 2.39. The maximum atomic E-state index is 2.81. The number of nitrogens with zero attached hydrogens (tertiary/aromatic N) is 2. The maximum absolute atomic E-state index is 2.81. The van der Waals surface area contributed by atoms with E-state index in [1.54, 1.807) is 0 Å². The molecule has 2 heteroatoms. The number of piperidine rings is 2. The molecule has 0 bridgehead atoms. The van der Waals surface area contributed by atoms with E-state index in [0.29, 0.717) is 22.2 Å².